The standard InChI is InChI=1S/C15H30N2O/c1-4-14-6-5-11-17(14)15(18)8-7-13(9-10-16)12(2)3/h12-14H,4-11,16H2,1-3H3. The van der Waals surface area contributed by atoms with Crippen LogP contribution in [0.3, 0.4) is 0 Å². The second kappa shape index (κ2) is 7.78. The van der Waals surface area contributed by atoms with Gasteiger partial charge in [-0.3, -0.25) is 4.79 Å². The number of carbonyl (C=O) groups is 1. The van der Waals surface area contributed by atoms with Gasteiger partial charge in [0.25, 0.3) is 0 Å². The van der Waals surface area contributed by atoms with Crippen LogP contribution in [0.4, 0.5) is 0 Å². The Balaban J connectivity index is 2.39. The summed E-state index contributed by atoms with van der Waals surface area (Å²) in [5, 5.41) is 0. The van der Waals surface area contributed by atoms with Crippen molar-refractivity contribution in [2.75, 3.05) is 13.1 Å². The summed E-state index contributed by atoms with van der Waals surface area (Å²) < 4.78 is 0. The van der Waals surface area contributed by atoms with Crippen LogP contribution < -0.4 is 5.73 Å². The summed E-state index contributed by atoms with van der Waals surface area (Å²) in [5.74, 6) is 1.59. The molecule has 0 aliphatic carbocycles. The second-order valence-electron chi connectivity index (χ2n) is 5.91. The highest BCUT2D eigenvalue weighted by Crippen LogP contribution is 2.24. The van der Waals surface area contributed by atoms with Crippen molar-refractivity contribution in [1.29, 1.82) is 0 Å². The molecule has 0 saturated carbocycles. The summed E-state index contributed by atoms with van der Waals surface area (Å²) in [6, 6.07) is 0.504. The fourth-order valence-corrected chi connectivity index (χ4v) is 3.07. The Kier molecular flexibility index (Phi) is 6.69. The van der Waals surface area contributed by atoms with Gasteiger partial charge in [0.1, 0.15) is 0 Å². The van der Waals surface area contributed by atoms with Gasteiger partial charge >= 0.3 is 0 Å². The average Bonchev–Trinajstić information content (AvgIpc) is 2.81. The van der Waals surface area contributed by atoms with Crippen molar-refractivity contribution >= 4 is 5.91 Å². The fourth-order valence-electron chi connectivity index (χ4n) is 3.07. The quantitative estimate of drug-likeness (QED) is 0.759. The predicted octanol–water partition coefficient (Wildman–Crippen LogP) is 2.79. The van der Waals surface area contributed by atoms with Crippen molar-refractivity contribution in [2.45, 2.75) is 65.3 Å². The van der Waals surface area contributed by atoms with Crippen molar-refractivity contribution in [3.63, 3.8) is 0 Å². The van der Waals surface area contributed by atoms with Gasteiger partial charge in [0.2, 0.25) is 5.91 Å². The van der Waals surface area contributed by atoms with Crippen molar-refractivity contribution in [1.82, 2.24) is 4.90 Å². The molecule has 1 amide bonds. The normalized spacial score (nSPS) is 21.6. The fraction of sp³-hybridized carbons (Fsp3) is 0.933. The Labute approximate surface area is 112 Å². The molecule has 0 spiro atoms. The lowest BCUT2D eigenvalue weighted by Crippen LogP contribution is -2.35. The van der Waals surface area contributed by atoms with Crippen molar-refractivity contribution in [2.24, 2.45) is 17.6 Å². The molecule has 0 bridgehead atoms. The number of hydrogen-bond acceptors (Lipinski definition) is 2. The number of hydrogen-bond donors (Lipinski definition) is 1. The molecule has 18 heavy (non-hydrogen) atoms. The van der Waals surface area contributed by atoms with Crippen LogP contribution in [0.5, 0.6) is 0 Å². The van der Waals surface area contributed by atoms with Crippen molar-refractivity contribution in [3.8, 4) is 0 Å². The first-order chi connectivity index (χ1) is 8.60. The molecule has 0 aromatic rings. The van der Waals surface area contributed by atoms with E-state index in [1.807, 2.05) is 0 Å². The van der Waals surface area contributed by atoms with Crippen LogP contribution >= 0.6 is 0 Å². The highest BCUT2D eigenvalue weighted by molar-refractivity contribution is 5.76. The lowest BCUT2D eigenvalue weighted by atomic mass is 9.88. The van der Waals surface area contributed by atoms with Gasteiger partial charge in [-0.25, -0.2) is 0 Å². The molecule has 1 aliphatic heterocycles. The van der Waals surface area contributed by atoms with Gasteiger partial charge in [0.15, 0.2) is 0 Å². The Morgan fingerprint density at radius 1 is 1.39 bits per heavy atom. The molecule has 106 valence electrons. The molecule has 1 fully saturated rings. The van der Waals surface area contributed by atoms with Crippen LogP contribution in [0.1, 0.15) is 59.3 Å². The van der Waals surface area contributed by atoms with Crippen LogP contribution in [0.25, 0.3) is 0 Å². The monoisotopic (exact) mass is 254 g/mol. The minimum absolute atomic E-state index is 0.363. The maximum absolute atomic E-state index is 12.2. The zero-order chi connectivity index (χ0) is 13.5. The van der Waals surface area contributed by atoms with Gasteiger partial charge in [-0.2, -0.15) is 0 Å². The van der Waals surface area contributed by atoms with Crippen molar-refractivity contribution in [3.05, 3.63) is 0 Å². The third-order valence-electron chi connectivity index (χ3n) is 4.38. The van der Waals surface area contributed by atoms with E-state index in [2.05, 4.69) is 25.7 Å². The van der Waals surface area contributed by atoms with Crippen LogP contribution in [0.15, 0.2) is 0 Å². The first-order valence-electron chi connectivity index (χ1n) is 7.59. The SMILES string of the molecule is CCC1CCCN1C(=O)CCC(CCN)C(C)C. The van der Waals surface area contributed by atoms with E-state index in [0.717, 1.165) is 32.4 Å². The molecule has 1 rings (SSSR count). The van der Waals surface area contributed by atoms with E-state index in [1.54, 1.807) is 0 Å². The maximum Gasteiger partial charge on any atom is 0.222 e. The van der Waals surface area contributed by atoms with Crippen LogP contribution in [0, 0.1) is 11.8 Å². The largest absolute Gasteiger partial charge is 0.340 e. The first kappa shape index (κ1) is 15.5. The van der Waals surface area contributed by atoms with Gasteiger partial charge in [0.05, 0.1) is 0 Å². The van der Waals surface area contributed by atoms with Crippen molar-refractivity contribution < 1.29 is 4.79 Å². The number of nitrogens with two attached hydrogens (primary N) is 1. The third kappa shape index (κ3) is 4.27. The number of amides is 1. The van der Waals surface area contributed by atoms with E-state index in [0.29, 0.717) is 30.2 Å². The Morgan fingerprint density at radius 2 is 2.11 bits per heavy atom. The zero-order valence-electron chi connectivity index (χ0n) is 12.3. The van der Waals surface area contributed by atoms with Crippen LogP contribution in [-0.4, -0.2) is 29.9 Å². The Bertz CT molecular complexity index is 253. The minimum Gasteiger partial charge on any atom is -0.340 e. The Morgan fingerprint density at radius 3 is 2.67 bits per heavy atom. The van der Waals surface area contributed by atoms with E-state index < -0.39 is 0 Å². The van der Waals surface area contributed by atoms with E-state index >= 15 is 0 Å². The molecular formula is C15H30N2O. The molecule has 3 heteroatoms. The van der Waals surface area contributed by atoms with Gasteiger partial charge in [0, 0.05) is 19.0 Å². The van der Waals surface area contributed by atoms with E-state index in [-0.39, 0.29) is 0 Å². The van der Waals surface area contributed by atoms with E-state index in [9.17, 15) is 4.79 Å². The molecule has 2 atom stereocenters. The van der Waals surface area contributed by atoms with E-state index in [1.165, 1.54) is 12.8 Å². The number of likely N-dealkylation sites (tertiary alicyclic amines) is 1. The van der Waals surface area contributed by atoms with Gasteiger partial charge < -0.3 is 10.6 Å². The molecule has 2 N–H and O–H groups in total. The smallest absolute Gasteiger partial charge is 0.222 e. The Hall–Kier alpha value is -0.570. The van der Waals surface area contributed by atoms with Crippen LogP contribution in [-0.2, 0) is 4.79 Å². The molecule has 1 heterocycles. The lowest BCUT2D eigenvalue weighted by Gasteiger charge is -2.25. The number of nitrogens with zero attached hydrogens (tertiary/aromatic N) is 1. The zero-order valence-corrected chi connectivity index (χ0v) is 12.3. The third-order valence-corrected chi connectivity index (χ3v) is 4.38. The first-order valence-corrected chi connectivity index (χ1v) is 7.59. The molecule has 1 saturated heterocycles. The second-order valence-corrected chi connectivity index (χ2v) is 5.91. The highest BCUT2D eigenvalue weighted by atomic mass is 16.2. The lowest BCUT2D eigenvalue weighted by molar-refractivity contribution is -0.132. The molecule has 1 aliphatic rings. The topological polar surface area (TPSA) is 46.3 Å². The summed E-state index contributed by atoms with van der Waals surface area (Å²) in [5.41, 5.74) is 5.64. The predicted molar refractivity (Wildman–Crippen MR) is 76.3 cm³/mol. The highest BCUT2D eigenvalue weighted by Gasteiger charge is 2.27. The van der Waals surface area contributed by atoms with Crippen LogP contribution in [0.2, 0.25) is 0 Å². The van der Waals surface area contributed by atoms with Gasteiger partial charge in [-0.05, 0) is 50.5 Å². The number of carbonyl (C=O) groups excluding carboxylic acids is 1. The summed E-state index contributed by atoms with van der Waals surface area (Å²) in [6.07, 6.45) is 6.23. The van der Waals surface area contributed by atoms with Gasteiger partial charge in [-0.15, -0.1) is 0 Å². The van der Waals surface area contributed by atoms with Gasteiger partial charge in [-0.1, -0.05) is 20.8 Å². The summed E-state index contributed by atoms with van der Waals surface area (Å²) in [7, 11) is 0. The summed E-state index contributed by atoms with van der Waals surface area (Å²) >= 11 is 0. The maximum atomic E-state index is 12.2. The molecule has 2 unspecified atom stereocenters. The number of rotatable bonds is 7. The molecule has 0 radical (unpaired) electrons. The average molecular weight is 254 g/mol. The minimum atomic E-state index is 0.363. The summed E-state index contributed by atoms with van der Waals surface area (Å²) in [4.78, 5) is 14.4. The molecule has 0 aromatic carbocycles. The molecule has 0 aromatic heterocycles. The van der Waals surface area contributed by atoms with E-state index in [4.69, 9.17) is 5.73 Å². The molecular weight excluding hydrogens is 224 g/mol. The summed E-state index contributed by atoms with van der Waals surface area (Å²) in [6.45, 7) is 8.35. The molecule has 3 nitrogen and oxygen atoms in total.